The van der Waals surface area contributed by atoms with Crippen LogP contribution in [0, 0.1) is 0 Å². The molecule has 0 fully saturated rings. The quantitative estimate of drug-likeness (QED) is 0.550. The van der Waals surface area contributed by atoms with Crippen molar-refractivity contribution in [3.8, 4) is 5.75 Å². The smallest absolute Gasteiger partial charge is 0.335 e. The van der Waals surface area contributed by atoms with Crippen LogP contribution in [0.4, 0.5) is 5.69 Å². The number of benzene rings is 3. The number of aromatic carboxylic acids is 1. The van der Waals surface area contributed by atoms with Crippen molar-refractivity contribution in [1.82, 2.24) is 0 Å². The lowest BCUT2D eigenvalue weighted by atomic mass is 10.1. The molecule has 0 heterocycles. The second-order valence-electron chi connectivity index (χ2n) is 5.77. The van der Waals surface area contributed by atoms with Gasteiger partial charge in [-0.05, 0) is 42.0 Å². The topological polar surface area (TPSA) is 58.6 Å². The molecule has 26 heavy (non-hydrogen) atoms. The van der Waals surface area contributed by atoms with Gasteiger partial charge in [0.2, 0.25) is 0 Å². The summed E-state index contributed by atoms with van der Waals surface area (Å²) in [7, 11) is 0. The zero-order valence-electron chi connectivity index (χ0n) is 14.0. The van der Waals surface area contributed by atoms with Gasteiger partial charge in [0.1, 0.15) is 12.4 Å². The molecule has 0 bridgehead atoms. The molecule has 3 aromatic carbocycles. The molecule has 3 rings (SSSR count). The van der Waals surface area contributed by atoms with E-state index < -0.39 is 5.97 Å². The molecule has 0 aromatic heterocycles. The number of ether oxygens (including phenoxy) is 1. The maximum atomic E-state index is 11.1. The predicted octanol–water partition coefficient (Wildman–Crippen LogP) is 5.34. The Labute approximate surface area is 160 Å². The van der Waals surface area contributed by atoms with Crippen LogP contribution >= 0.6 is 15.9 Å². The zero-order valence-corrected chi connectivity index (χ0v) is 15.6. The Bertz CT molecular complexity index is 897. The summed E-state index contributed by atoms with van der Waals surface area (Å²) in [6, 6.07) is 22.6. The number of nitrogens with one attached hydrogen (secondary N) is 1. The fourth-order valence-electron chi connectivity index (χ4n) is 2.52. The molecular weight excluding hydrogens is 394 g/mol. The summed E-state index contributed by atoms with van der Waals surface area (Å²) >= 11 is 3.49. The molecule has 0 aliphatic rings. The first-order valence-corrected chi connectivity index (χ1v) is 8.93. The lowest BCUT2D eigenvalue weighted by Gasteiger charge is -2.14. The average molecular weight is 412 g/mol. The second kappa shape index (κ2) is 8.54. The first-order valence-electron chi connectivity index (χ1n) is 8.14. The van der Waals surface area contributed by atoms with Gasteiger partial charge in [0, 0.05) is 22.3 Å². The molecule has 0 spiro atoms. The summed E-state index contributed by atoms with van der Waals surface area (Å²) < 4.78 is 6.93. The normalized spacial score (nSPS) is 10.3. The highest BCUT2D eigenvalue weighted by atomic mass is 79.9. The van der Waals surface area contributed by atoms with Gasteiger partial charge in [0.25, 0.3) is 0 Å². The summed E-state index contributed by atoms with van der Waals surface area (Å²) in [5, 5.41) is 12.4. The number of carboxylic acids is 1. The molecule has 2 N–H and O–H groups in total. The predicted molar refractivity (Wildman–Crippen MR) is 106 cm³/mol. The van der Waals surface area contributed by atoms with Gasteiger partial charge in [-0.25, -0.2) is 4.79 Å². The van der Waals surface area contributed by atoms with Gasteiger partial charge in [-0.3, -0.25) is 0 Å². The standard InChI is InChI=1S/C21H18BrNO3/c22-18-9-10-20(26-14-15-5-2-1-3-6-15)17(11-18)13-23-19-8-4-7-16(12-19)21(24)25/h1-12,23H,13-14H2,(H,24,25). The van der Waals surface area contributed by atoms with Gasteiger partial charge < -0.3 is 15.2 Å². The molecule has 5 heteroatoms. The molecule has 0 unspecified atom stereocenters. The van der Waals surface area contributed by atoms with Crippen LogP contribution in [0.3, 0.4) is 0 Å². The molecule has 3 aromatic rings. The second-order valence-corrected chi connectivity index (χ2v) is 6.68. The Morgan fingerprint density at radius 1 is 1.00 bits per heavy atom. The van der Waals surface area contributed by atoms with Gasteiger partial charge in [-0.1, -0.05) is 52.3 Å². The van der Waals surface area contributed by atoms with Crippen LogP contribution in [-0.4, -0.2) is 11.1 Å². The molecule has 0 saturated heterocycles. The number of hydrogen-bond donors (Lipinski definition) is 2. The summed E-state index contributed by atoms with van der Waals surface area (Å²) in [5.41, 5.74) is 3.09. The van der Waals surface area contributed by atoms with Crippen molar-refractivity contribution < 1.29 is 14.6 Å². The van der Waals surface area contributed by atoms with Crippen LogP contribution in [0.15, 0.2) is 77.3 Å². The summed E-state index contributed by atoms with van der Waals surface area (Å²) in [5.74, 6) is -0.151. The van der Waals surface area contributed by atoms with E-state index in [4.69, 9.17) is 9.84 Å². The number of halogens is 1. The van der Waals surface area contributed by atoms with Crippen LogP contribution in [0.2, 0.25) is 0 Å². The molecule has 4 nitrogen and oxygen atoms in total. The van der Waals surface area contributed by atoms with Crippen LogP contribution in [-0.2, 0) is 13.2 Å². The van der Waals surface area contributed by atoms with Gasteiger partial charge in [0.15, 0.2) is 0 Å². The largest absolute Gasteiger partial charge is 0.489 e. The number of rotatable bonds is 7. The maximum Gasteiger partial charge on any atom is 0.335 e. The van der Waals surface area contributed by atoms with E-state index in [2.05, 4.69) is 21.2 Å². The van der Waals surface area contributed by atoms with Crippen molar-refractivity contribution >= 4 is 27.6 Å². The fraction of sp³-hybridized carbons (Fsp3) is 0.0952. The van der Waals surface area contributed by atoms with Crippen molar-refractivity contribution in [3.05, 3.63) is 94.0 Å². The highest BCUT2D eigenvalue weighted by Crippen LogP contribution is 2.25. The summed E-state index contributed by atoms with van der Waals surface area (Å²) in [4.78, 5) is 11.1. The third-order valence-corrected chi connectivity index (χ3v) is 4.35. The molecule has 0 atom stereocenters. The Morgan fingerprint density at radius 3 is 2.58 bits per heavy atom. The van der Waals surface area contributed by atoms with E-state index in [0.717, 1.165) is 27.0 Å². The SMILES string of the molecule is O=C(O)c1cccc(NCc2cc(Br)ccc2OCc2ccccc2)c1. The van der Waals surface area contributed by atoms with Gasteiger partial charge in [-0.15, -0.1) is 0 Å². The monoisotopic (exact) mass is 411 g/mol. The number of carbonyl (C=O) groups is 1. The Balaban J connectivity index is 1.71. The van der Waals surface area contributed by atoms with Crippen molar-refractivity contribution in [2.75, 3.05) is 5.32 Å². The van der Waals surface area contributed by atoms with E-state index in [1.807, 2.05) is 54.6 Å². The summed E-state index contributed by atoms with van der Waals surface area (Å²) in [6.45, 7) is 1.01. The Morgan fingerprint density at radius 2 is 1.81 bits per heavy atom. The van der Waals surface area contributed by atoms with E-state index in [1.165, 1.54) is 0 Å². The molecule has 132 valence electrons. The molecular formula is C21H18BrNO3. The lowest BCUT2D eigenvalue weighted by molar-refractivity contribution is 0.0697. The van der Waals surface area contributed by atoms with Crippen molar-refractivity contribution in [1.29, 1.82) is 0 Å². The maximum absolute atomic E-state index is 11.1. The molecule has 0 amide bonds. The van der Waals surface area contributed by atoms with Crippen molar-refractivity contribution in [2.24, 2.45) is 0 Å². The van der Waals surface area contributed by atoms with Crippen LogP contribution in [0.25, 0.3) is 0 Å². The zero-order chi connectivity index (χ0) is 18.4. The molecule has 0 aliphatic carbocycles. The van der Waals surface area contributed by atoms with E-state index in [0.29, 0.717) is 13.2 Å². The van der Waals surface area contributed by atoms with Crippen LogP contribution < -0.4 is 10.1 Å². The van der Waals surface area contributed by atoms with Crippen molar-refractivity contribution in [2.45, 2.75) is 13.2 Å². The third-order valence-electron chi connectivity index (χ3n) is 3.85. The van der Waals surface area contributed by atoms with E-state index in [9.17, 15) is 4.79 Å². The first-order chi connectivity index (χ1) is 12.6. The molecule has 0 aliphatic heterocycles. The number of hydrogen-bond acceptors (Lipinski definition) is 3. The number of carboxylic acid groups (broad SMARTS) is 1. The first kappa shape index (κ1) is 18.0. The van der Waals surface area contributed by atoms with Gasteiger partial charge in [-0.2, -0.15) is 0 Å². The highest BCUT2D eigenvalue weighted by Gasteiger charge is 2.07. The minimum Gasteiger partial charge on any atom is -0.489 e. The highest BCUT2D eigenvalue weighted by molar-refractivity contribution is 9.10. The Kier molecular flexibility index (Phi) is 5.92. The number of anilines is 1. The Hall–Kier alpha value is -2.79. The van der Waals surface area contributed by atoms with E-state index in [1.54, 1.807) is 18.2 Å². The van der Waals surface area contributed by atoms with Crippen LogP contribution in [0.5, 0.6) is 5.75 Å². The fourth-order valence-corrected chi connectivity index (χ4v) is 2.93. The summed E-state index contributed by atoms with van der Waals surface area (Å²) in [6.07, 6.45) is 0. The molecule has 0 radical (unpaired) electrons. The van der Waals surface area contributed by atoms with E-state index in [-0.39, 0.29) is 5.56 Å². The van der Waals surface area contributed by atoms with Gasteiger partial charge in [0.05, 0.1) is 5.56 Å². The lowest BCUT2D eigenvalue weighted by Crippen LogP contribution is -2.05. The van der Waals surface area contributed by atoms with Crippen LogP contribution in [0.1, 0.15) is 21.5 Å². The minimum atomic E-state index is -0.942. The van der Waals surface area contributed by atoms with Crippen molar-refractivity contribution in [3.63, 3.8) is 0 Å². The minimum absolute atomic E-state index is 0.254. The average Bonchev–Trinajstić information content (AvgIpc) is 2.66. The molecule has 0 saturated carbocycles. The van der Waals surface area contributed by atoms with E-state index >= 15 is 0 Å². The third kappa shape index (κ3) is 4.86. The van der Waals surface area contributed by atoms with Gasteiger partial charge >= 0.3 is 5.97 Å².